The van der Waals surface area contributed by atoms with Crippen LogP contribution in [0.3, 0.4) is 0 Å². The highest BCUT2D eigenvalue weighted by atomic mass is 15.1. The predicted octanol–water partition coefficient (Wildman–Crippen LogP) is 3.32. The summed E-state index contributed by atoms with van der Waals surface area (Å²) in [6.07, 6.45) is 4.31. The molecule has 0 aromatic carbocycles. The first-order valence-corrected chi connectivity index (χ1v) is 5.94. The number of rotatable bonds is 2. The lowest BCUT2D eigenvalue weighted by Crippen LogP contribution is -1.98. The molecule has 0 bridgehead atoms. The lowest BCUT2D eigenvalue weighted by Gasteiger charge is -2.06. The highest BCUT2D eigenvalue weighted by Gasteiger charge is 2.06. The molecular weight excluding hydrogens is 196 g/mol. The average Bonchev–Trinajstić information content (AvgIpc) is 2.91. The maximum Gasteiger partial charge on any atom is 0.121 e. The van der Waals surface area contributed by atoms with Crippen LogP contribution in [0.25, 0.3) is 11.2 Å². The maximum atomic E-state index is 2.35. The molecule has 3 rings (SSSR count). The van der Waals surface area contributed by atoms with Crippen molar-refractivity contribution < 1.29 is 0 Å². The summed E-state index contributed by atoms with van der Waals surface area (Å²) >= 11 is 0. The Morgan fingerprint density at radius 2 is 1.62 bits per heavy atom. The first-order chi connectivity index (χ1) is 7.85. The highest BCUT2D eigenvalue weighted by molar-refractivity contribution is 5.59. The number of hydrogen-bond acceptors (Lipinski definition) is 0. The van der Waals surface area contributed by atoms with Gasteiger partial charge in [-0.05, 0) is 43.2 Å². The summed E-state index contributed by atoms with van der Waals surface area (Å²) in [6.45, 7) is 4.40. The van der Waals surface area contributed by atoms with Crippen LogP contribution in [0.2, 0.25) is 0 Å². The van der Waals surface area contributed by atoms with Crippen LogP contribution in [0.5, 0.6) is 0 Å². The van der Waals surface area contributed by atoms with E-state index in [-0.39, 0.29) is 0 Å². The zero-order valence-corrected chi connectivity index (χ0v) is 9.77. The zero-order valence-electron chi connectivity index (χ0n) is 9.77. The Labute approximate surface area is 95.1 Å². The first kappa shape index (κ1) is 9.52. The molecule has 0 aliphatic carbocycles. The summed E-state index contributed by atoms with van der Waals surface area (Å²) in [4.78, 5) is 0. The molecule has 2 heteroatoms. The molecule has 3 aromatic rings. The molecule has 0 aliphatic heterocycles. The Bertz CT molecular complexity index is 643. The molecule has 0 atom stereocenters. The third-order valence-corrected chi connectivity index (χ3v) is 3.32. The van der Waals surface area contributed by atoms with Crippen LogP contribution in [0.1, 0.15) is 25.2 Å². The topological polar surface area (TPSA) is 8.82 Å². The molecule has 0 spiro atoms. The molecule has 3 aromatic heterocycles. The van der Waals surface area contributed by atoms with E-state index in [4.69, 9.17) is 0 Å². The molecule has 0 saturated carbocycles. The monoisotopic (exact) mass is 212 g/mol. The fourth-order valence-electron chi connectivity index (χ4n) is 2.45. The third kappa shape index (κ3) is 1.13. The van der Waals surface area contributed by atoms with Crippen molar-refractivity contribution in [1.29, 1.82) is 0 Å². The molecule has 0 saturated heterocycles. The van der Waals surface area contributed by atoms with Crippen LogP contribution < -0.4 is 0 Å². The number of fused-ring (bicyclic) bond motifs is 3. The van der Waals surface area contributed by atoms with Gasteiger partial charge in [0.05, 0.1) is 0 Å². The standard InChI is InChI=1S/C14H16N2/c1-3-11-7-8-14-15(11)10-9-13-6-5-12(4-2)16(13)14/h5-10H,3-4H2,1-2H3. The summed E-state index contributed by atoms with van der Waals surface area (Å²) in [5, 5.41) is 0. The number of hydrogen-bond donors (Lipinski definition) is 0. The minimum absolute atomic E-state index is 1.07. The Kier molecular flexibility index (Phi) is 2.03. The van der Waals surface area contributed by atoms with Crippen LogP contribution >= 0.6 is 0 Å². The molecular formula is C14H16N2. The van der Waals surface area contributed by atoms with Gasteiger partial charge in [-0.15, -0.1) is 0 Å². The molecule has 16 heavy (non-hydrogen) atoms. The van der Waals surface area contributed by atoms with E-state index >= 15 is 0 Å². The maximum absolute atomic E-state index is 2.35. The van der Waals surface area contributed by atoms with E-state index in [1.165, 1.54) is 22.6 Å². The Morgan fingerprint density at radius 1 is 0.875 bits per heavy atom. The minimum Gasteiger partial charge on any atom is -0.307 e. The van der Waals surface area contributed by atoms with Crippen LogP contribution in [-0.4, -0.2) is 8.80 Å². The van der Waals surface area contributed by atoms with E-state index in [2.05, 4.69) is 59.2 Å². The Balaban J connectivity index is 2.47. The smallest absolute Gasteiger partial charge is 0.121 e. The fourth-order valence-corrected chi connectivity index (χ4v) is 2.45. The van der Waals surface area contributed by atoms with Crippen molar-refractivity contribution in [2.75, 3.05) is 0 Å². The van der Waals surface area contributed by atoms with E-state index in [0.717, 1.165) is 12.8 Å². The van der Waals surface area contributed by atoms with Crippen molar-refractivity contribution >= 4 is 11.2 Å². The molecule has 0 fully saturated rings. The summed E-state index contributed by atoms with van der Waals surface area (Å²) < 4.78 is 4.63. The van der Waals surface area contributed by atoms with Gasteiger partial charge in [0.2, 0.25) is 0 Å². The van der Waals surface area contributed by atoms with Gasteiger partial charge in [-0.2, -0.15) is 0 Å². The quantitative estimate of drug-likeness (QED) is 0.616. The third-order valence-electron chi connectivity index (χ3n) is 3.32. The molecule has 0 unspecified atom stereocenters. The summed E-state index contributed by atoms with van der Waals surface area (Å²) in [5.74, 6) is 0. The second-order valence-electron chi connectivity index (χ2n) is 4.16. The molecule has 0 aliphatic rings. The van der Waals surface area contributed by atoms with Gasteiger partial charge in [0.25, 0.3) is 0 Å². The van der Waals surface area contributed by atoms with E-state index in [1.54, 1.807) is 0 Å². The van der Waals surface area contributed by atoms with Crippen molar-refractivity contribution in [2.24, 2.45) is 0 Å². The van der Waals surface area contributed by atoms with Crippen molar-refractivity contribution in [2.45, 2.75) is 26.7 Å². The normalized spacial score (nSPS) is 11.6. The predicted molar refractivity (Wildman–Crippen MR) is 67.1 cm³/mol. The molecule has 3 heterocycles. The first-order valence-electron chi connectivity index (χ1n) is 5.94. The lowest BCUT2D eigenvalue weighted by molar-refractivity contribution is 0.942. The molecule has 0 N–H and O–H groups in total. The highest BCUT2D eigenvalue weighted by Crippen LogP contribution is 2.18. The minimum atomic E-state index is 1.07. The molecule has 0 amide bonds. The van der Waals surface area contributed by atoms with Gasteiger partial charge >= 0.3 is 0 Å². The number of aromatic nitrogens is 2. The van der Waals surface area contributed by atoms with Crippen LogP contribution in [0.15, 0.2) is 36.5 Å². The van der Waals surface area contributed by atoms with Gasteiger partial charge in [0.1, 0.15) is 5.65 Å². The molecule has 82 valence electrons. The van der Waals surface area contributed by atoms with Gasteiger partial charge in [-0.1, -0.05) is 13.8 Å². The van der Waals surface area contributed by atoms with E-state index in [9.17, 15) is 0 Å². The van der Waals surface area contributed by atoms with E-state index in [0.29, 0.717) is 0 Å². The van der Waals surface area contributed by atoms with Gasteiger partial charge < -0.3 is 4.40 Å². The van der Waals surface area contributed by atoms with E-state index < -0.39 is 0 Å². The number of nitrogens with zero attached hydrogens (tertiary/aromatic N) is 2. The SMILES string of the molecule is CCc1ccc2n1ccc1ccc(CC)n12. The van der Waals surface area contributed by atoms with Gasteiger partial charge in [-0.25, -0.2) is 0 Å². The van der Waals surface area contributed by atoms with Crippen LogP contribution in [0, 0.1) is 0 Å². The van der Waals surface area contributed by atoms with Crippen molar-refractivity contribution in [3.8, 4) is 0 Å². The summed E-state index contributed by atoms with van der Waals surface area (Å²) in [7, 11) is 0. The summed E-state index contributed by atoms with van der Waals surface area (Å²) in [6, 6.07) is 11.0. The summed E-state index contributed by atoms with van der Waals surface area (Å²) in [5.41, 5.74) is 5.30. The number of aryl methyl sites for hydroxylation is 2. The van der Waals surface area contributed by atoms with Crippen molar-refractivity contribution in [3.05, 3.63) is 47.9 Å². The second kappa shape index (κ2) is 3.41. The Morgan fingerprint density at radius 3 is 2.38 bits per heavy atom. The fraction of sp³-hybridized carbons (Fsp3) is 0.286. The average molecular weight is 212 g/mol. The largest absolute Gasteiger partial charge is 0.307 e. The van der Waals surface area contributed by atoms with Gasteiger partial charge in [-0.3, -0.25) is 4.40 Å². The van der Waals surface area contributed by atoms with Gasteiger partial charge in [0.15, 0.2) is 0 Å². The van der Waals surface area contributed by atoms with E-state index in [1.807, 2.05) is 0 Å². The van der Waals surface area contributed by atoms with Crippen LogP contribution in [-0.2, 0) is 12.8 Å². The van der Waals surface area contributed by atoms with Gasteiger partial charge in [0, 0.05) is 23.1 Å². The molecule has 2 nitrogen and oxygen atoms in total. The zero-order chi connectivity index (χ0) is 11.1. The lowest BCUT2D eigenvalue weighted by atomic mass is 10.3. The van der Waals surface area contributed by atoms with Crippen LogP contribution in [0.4, 0.5) is 0 Å². The van der Waals surface area contributed by atoms with Crippen molar-refractivity contribution in [3.63, 3.8) is 0 Å². The van der Waals surface area contributed by atoms with Crippen molar-refractivity contribution in [1.82, 2.24) is 8.80 Å². The molecule has 0 radical (unpaired) electrons. The second-order valence-corrected chi connectivity index (χ2v) is 4.16. The Hall–Kier alpha value is -1.70.